The summed E-state index contributed by atoms with van der Waals surface area (Å²) in [5.74, 6) is -0.426. The van der Waals surface area contributed by atoms with Gasteiger partial charge in [0.05, 0.1) is 11.5 Å². The Hall–Kier alpha value is -1.53. The van der Waals surface area contributed by atoms with Gasteiger partial charge in [-0.1, -0.05) is 19.9 Å². The molecule has 0 bridgehead atoms. The van der Waals surface area contributed by atoms with Crippen molar-refractivity contribution in [1.82, 2.24) is 5.32 Å². The normalized spacial score (nSPS) is 12.7. The van der Waals surface area contributed by atoms with Crippen molar-refractivity contribution in [3.8, 4) is 0 Å². The van der Waals surface area contributed by atoms with Gasteiger partial charge in [-0.05, 0) is 24.5 Å². The van der Waals surface area contributed by atoms with E-state index in [1.54, 1.807) is 6.07 Å². The first-order chi connectivity index (χ1) is 9.45. The van der Waals surface area contributed by atoms with Crippen LogP contribution in [0.4, 0.5) is 10.1 Å². The summed E-state index contributed by atoms with van der Waals surface area (Å²) < 4.78 is 18.9. The molecule has 1 aromatic carbocycles. The first kappa shape index (κ1) is 16.5. The number of nitro groups is 1. The molecule has 0 aliphatic carbocycles. The zero-order chi connectivity index (χ0) is 15.1. The third-order valence-corrected chi connectivity index (χ3v) is 3.08. The highest BCUT2D eigenvalue weighted by Crippen LogP contribution is 2.18. The second-order valence-electron chi connectivity index (χ2n) is 4.93. The Labute approximate surface area is 118 Å². The molecule has 0 heterocycles. The largest absolute Gasteiger partial charge is 0.380 e. The number of nitrogens with zero attached hydrogens (tertiary/aromatic N) is 1. The van der Waals surface area contributed by atoms with Gasteiger partial charge in [0, 0.05) is 25.3 Å². The number of nitrogens with one attached hydrogen (secondary N) is 1. The number of rotatable bonds is 8. The van der Waals surface area contributed by atoms with Gasteiger partial charge in [0.1, 0.15) is 0 Å². The average Bonchev–Trinajstić information content (AvgIpc) is 2.38. The molecular formula is C14H21FN2O3. The van der Waals surface area contributed by atoms with Crippen LogP contribution in [0.3, 0.4) is 0 Å². The molecule has 0 fully saturated rings. The predicted octanol–water partition coefficient (Wildman–Crippen LogP) is 2.88. The standard InChI is InChI=1S/C14H21FN2O3/c1-4-20-9-13(10(2)3)16-8-11-5-6-14(17(18)19)12(15)7-11/h5-7,10,13,16H,4,8-9H2,1-3H3. The summed E-state index contributed by atoms with van der Waals surface area (Å²) in [6.45, 7) is 7.77. The number of halogens is 1. The van der Waals surface area contributed by atoms with Gasteiger partial charge in [-0.15, -0.1) is 0 Å². The average molecular weight is 284 g/mol. The highest BCUT2D eigenvalue weighted by molar-refractivity contribution is 5.34. The van der Waals surface area contributed by atoms with Gasteiger partial charge >= 0.3 is 5.69 Å². The van der Waals surface area contributed by atoms with Crippen LogP contribution in [-0.4, -0.2) is 24.2 Å². The Balaban J connectivity index is 2.64. The van der Waals surface area contributed by atoms with Crippen molar-refractivity contribution in [2.45, 2.75) is 33.4 Å². The summed E-state index contributed by atoms with van der Waals surface area (Å²) in [7, 11) is 0. The maximum Gasteiger partial charge on any atom is 0.304 e. The Kier molecular flexibility index (Phi) is 6.54. The van der Waals surface area contributed by atoms with Crippen molar-refractivity contribution < 1.29 is 14.1 Å². The fourth-order valence-electron chi connectivity index (χ4n) is 1.79. The van der Waals surface area contributed by atoms with Crippen LogP contribution in [0, 0.1) is 21.8 Å². The smallest absolute Gasteiger partial charge is 0.304 e. The van der Waals surface area contributed by atoms with Gasteiger partial charge in [0.2, 0.25) is 5.82 Å². The third-order valence-electron chi connectivity index (χ3n) is 3.08. The van der Waals surface area contributed by atoms with Crippen LogP contribution in [0.2, 0.25) is 0 Å². The molecule has 0 aromatic heterocycles. The van der Waals surface area contributed by atoms with Crippen molar-refractivity contribution >= 4 is 5.69 Å². The van der Waals surface area contributed by atoms with E-state index in [1.165, 1.54) is 12.1 Å². The van der Waals surface area contributed by atoms with Gasteiger partial charge in [-0.3, -0.25) is 10.1 Å². The van der Waals surface area contributed by atoms with Gasteiger partial charge in [-0.25, -0.2) is 0 Å². The summed E-state index contributed by atoms with van der Waals surface area (Å²) in [5.41, 5.74) is 0.179. The van der Waals surface area contributed by atoms with Crippen molar-refractivity contribution in [3.63, 3.8) is 0 Å². The molecule has 0 saturated heterocycles. The molecule has 1 unspecified atom stereocenters. The van der Waals surface area contributed by atoms with Crippen LogP contribution in [0.1, 0.15) is 26.3 Å². The molecule has 0 saturated carbocycles. The third kappa shape index (κ3) is 4.86. The summed E-state index contributed by atoms with van der Waals surface area (Å²) in [5, 5.41) is 13.8. The van der Waals surface area contributed by atoms with Gasteiger partial charge in [0.15, 0.2) is 0 Å². The molecule has 0 aliphatic rings. The Morgan fingerprint density at radius 3 is 2.65 bits per heavy atom. The number of hydrogen-bond donors (Lipinski definition) is 1. The lowest BCUT2D eigenvalue weighted by atomic mass is 10.0. The molecule has 1 aromatic rings. The van der Waals surface area contributed by atoms with E-state index in [4.69, 9.17) is 4.74 Å². The second kappa shape index (κ2) is 7.91. The zero-order valence-corrected chi connectivity index (χ0v) is 12.1. The lowest BCUT2D eigenvalue weighted by Gasteiger charge is -2.22. The maximum atomic E-state index is 13.5. The molecule has 1 atom stereocenters. The van der Waals surface area contributed by atoms with E-state index in [9.17, 15) is 14.5 Å². The van der Waals surface area contributed by atoms with Gasteiger partial charge in [-0.2, -0.15) is 4.39 Å². The number of nitro benzene ring substituents is 1. The van der Waals surface area contributed by atoms with E-state index in [-0.39, 0.29) is 6.04 Å². The van der Waals surface area contributed by atoms with Crippen LogP contribution in [0.5, 0.6) is 0 Å². The minimum absolute atomic E-state index is 0.160. The Bertz CT molecular complexity index is 452. The predicted molar refractivity (Wildman–Crippen MR) is 75.0 cm³/mol. The first-order valence-electron chi connectivity index (χ1n) is 6.69. The minimum atomic E-state index is -0.805. The maximum absolute atomic E-state index is 13.5. The topological polar surface area (TPSA) is 64.4 Å². The number of benzene rings is 1. The minimum Gasteiger partial charge on any atom is -0.380 e. The Morgan fingerprint density at radius 2 is 2.15 bits per heavy atom. The van der Waals surface area contributed by atoms with Crippen LogP contribution < -0.4 is 5.32 Å². The second-order valence-corrected chi connectivity index (χ2v) is 4.93. The molecule has 0 radical (unpaired) electrons. The summed E-state index contributed by atoms with van der Waals surface area (Å²) in [4.78, 5) is 9.82. The fourth-order valence-corrected chi connectivity index (χ4v) is 1.79. The molecule has 0 amide bonds. The number of ether oxygens (including phenoxy) is 1. The van der Waals surface area contributed by atoms with E-state index in [0.717, 1.165) is 0 Å². The van der Waals surface area contributed by atoms with Gasteiger partial charge < -0.3 is 10.1 Å². The molecule has 0 spiro atoms. The summed E-state index contributed by atoms with van der Waals surface area (Å²) in [6, 6.07) is 4.11. The van der Waals surface area contributed by atoms with E-state index in [0.29, 0.717) is 31.2 Å². The zero-order valence-electron chi connectivity index (χ0n) is 12.1. The number of hydrogen-bond acceptors (Lipinski definition) is 4. The molecule has 112 valence electrons. The van der Waals surface area contributed by atoms with Crippen LogP contribution in [0.25, 0.3) is 0 Å². The van der Waals surface area contributed by atoms with E-state index in [2.05, 4.69) is 19.2 Å². The molecule has 0 aliphatic heterocycles. The molecule has 1 N–H and O–H groups in total. The first-order valence-corrected chi connectivity index (χ1v) is 6.69. The van der Waals surface area contributed by atoms with Crippen LogP contribution in [-0.2, 0) is 11.3 Å². The van der Waals surface area contributed by atoms with Crippen LogP contribution >= 0.6 is 0 Å². The van der Waals surface area contributed by atoms with Crippen molar-refractivity contribution in [1.29, 1.82) is 0 Å². The SMILES string of the molecule is CCOCC(NCc1ccc([N+](=O)[O-])c(F)c1)C(C)C. The summed E-state index contributed by atoms with van der Waals surface area (Å²) >= 11 is 0. The van der Waals surface area contributed by atoms with Crippen molar-refractivity contribution in [3.05, 3.63) is 39.7 Å². The van der Waals surface area contributed by atoms with Gasteiger partial charge in [0.25, 0.3) is 0 Å². The quantitative estimate of drug-likeness (QED) is 0.589. The fraction of sp³-hybridized carbons (Fsp3) is 0.571. The molecular weight excluding hydrogens is 263 g/mol. The lowest BCUT2D eigenvalue weighted by Crippen LogP contribution is -2.37. The van der Waals surface area contributed by atoms with Crippen LogP contribution in [0.15, 0.2) is 18.2 Å². The Morgan fingerprint density at radius 1 is 1.45 bits per heavy atom. The van der Waals surface area contributed by atoms with E-state index >= 15 is 0 Å². The molecule has 5 nitrogen and oxygen atoms in total. The van der Waals surface area contributed by atoms with Crippen molar-refractivity contribution in [2.75, 3.05) is 13.2 Å². The highest BCUT2D eigenvalue weighted by Gasteiger charge is 2.16. The lowest BCUT2D eigenvalue weighted by molar-refractivity contribution is -0.387. The molecule has 1 rings (SSSR count). The van der Waals surface area contributed by atoms with E-state index in [1.807, 2.05) is 6.92 Å². The van der Waals surface area contributed by atoms with Crippen molar-refractivity contribution in [2.24, 2.45) is 5.92 Å². The molecule has 20 heavy (non-hydrogen) atoms. The highest BCUT2D eigenvalue weighted by atomic mass is 19.1. The van der Waals surface area contributed by atoms with E-state index < -0.39 is 16.4 Å². The molecule has 6 heteroatoms. The summed E-state index contributed by atoms with van der Waals surface area (Å²) in [6.07, 6.45) is 0. The monoisotopic (exact) mass is 284 g/mol.